The van der Waals surface area contributed by atoms with E-state index in [1.165, 1.54) is 25.3 Å². The Balaban J connectivity index is 0.000000535. The maximum Gasteiger partial charge on any atom is 0.242 e. The van der Waals surface area contributed by atoms with Gasteiger partial charge in [0, 0.05) is 210 Å². The van der Waals surface area contributed by atoms with Crippen molar-refractivity contribution in [3.8, 4) is 0 Å². The van der Waals surface area contributed by atoms with Crippen molar-refractivity contribution < 1.29 is 67.1 Å². The number of primary amides is 2. The minimum atomic E-state index is -0.973. The molecule has 6 rings (SSSR count). The number of ketones is 6. The van der Waals surface area contributed by atoms with E-state index in [1.54, 1.807) is 51.1 Å². The highest BCUT2D eigenvalue weighted by Gasteiger charge is 2.33. The number of hydrogen-bond donors (Lipinski definition) is 18. The smallest absolute Gasteiger partial charge is 0.242 e. The molecule has 0 bridgehead atoms. The molecule has 2 aliphatic heterocycles. The molecule has 38 heteroatoms. The SMILES string of the molecule is CC(C)(C)C(=O)CC(CCCCCC(=O)C(CCCCNC(=O)C(N)CC1=CCC=N1)NC(=O)C(N)Cc1cnc[nH]1)C(N)=O.CC(C)C(=O)CC(CCCCCC(=O)C(CCCCNC(=O)C(CCCCCC(=O)C(N)CC1=CCC=N1)NC(=O)C(N)Cc1cnc[nH]1)NC(=O)C(CCCCNC(=O)C(N)Cc1cnc[nH]1)CC(=O)C(N)Cc1cnc[nH]1)C(N)=O. The highest BCUT2D eigenvalue weighted by Crippen LogP contribution is 2.26. The molecular weight excluding hydrogens is 1630 g/mol. The zero-order valence-corrected chi connectivity index (χ0v) is 74.8. The zero-order valence-electron chi connectivity index (χ0n) is 74.8. The molecule has 0 aromatic carbocycles. The van der Waals surface area contributed by atoms with Gasteiger partial charge in [0.15, 0.2) is 17.3 Å². The molecule has 12 atom stereocenters. The normalized spacial score (nSPS) is 15.2. The summed E-state index contributed by atoms with van der Waals surface area (Å²) in [6.07, 6.45) is 33.3. The van der Waals surface area contributed by atoms with E-state index in [4.69, 9.17) is 45.9 Å². The Morgan fingerprint density at radius 3 is 1.09 bits per heavy atom. The van der Waals surface area contributed by atoms with Gasteiger partial charge >= 0.3 is 0 Å². The number of aromatic amines is 4. The van der Waals surface area contributed by atoms with Gasteiger partial charge in [-0.1, -0.05) is 91.7 Å². The number of aromatic nitrogens is 8. The number of Topliss-reactive ketones (excluding diaryl/α,β-unsaturated/α-hetero) is 6. The van der Waals surface area contributed by atoms with E-state index in [1.807, 2.05) is 32.9 Å². The molecule has 6 heterocycles. The maximum atomic E-state index is 14.4. The first-order valence-electron chi connectivity index (χ1n) is 44.9. The molecule has 0 saturated heterocycles. The summed E-state index contributed by atoms with van der Waals surface area (Å²) in [6.45, 7) is 9.81. The minimum absolute atomic E-state index is 0.00957. The summed E-state index contributed by atoms with van der Waals surface area (Å²) >= 11 is 0. The maximum absolute atomic E-state index is 14.4. The standard InChI is InChI=1S/C57H90N16O9.C32H52N8O5/c1-36(2)51(76)24-37(53(62)78)14-5-3-8-20-50(75)47(72-54(79)38(25-52(77)44(59)27-40-30-63-33-69-40)15-9-11-21-67-55(80)45(60)28-41-31-64-34-70-41)17-10-12-22-68-57(82)48(73-56(81)46(61)29-42-32-65-35-71-42)18-6-4-7-19-49(74)43(58)26-39-16-13-23-66-39;1-32(2,3)28(42)16-21(29(35)43)10-5-4-6-13-27(41)26(40-31(45)25(34)18-23-19-36-20-39-23)12-7-8-14-38-30(44)24(33)17-22-11-9-15-37-22/h16,23,30-38,43-48H,3-15,17-22,24-29,58-61H2,1-2H3,(H2,62,78)(H,63,69)(H,64,70)(H,65,71)(H,67,80)(H,68,82)(H,72,79)(H,73,81);11,15,19-21,24-26H,4-10,12-14,16-18,33-34H2,1-3H3,(H2,35,43)(H,36,39)(H,38,44)(H,40,45). The molecule has 4 aromatic heterocycles. The number of H-pyrrole nitrogens is 4. The van der Waals surface area contributed by atoms with Crippen molar-refractivity contribution in [1.29, 1.82) is 0 Å². The van der Waals surface area contributed by atoms with Crippen molar-refractivity contribution in [3.05, 3.63) is 96.4 Å². The molecule has 0 radical (unpaired) electrons. The van der Waals surface area contributed by atoms with E-state index in [0.717, 1.165) is 24.2 Å². The number of hydrogen-bond acceptors (Lipinski definition) is 26. The average molecular weight is 1770 g/mol. The summed E-state index contributed by atoms with van der Waals surface area (Å²) in [6, 6.07) is -7.55. The Kier molecular flexibility index (Phi) is 49.2. The van der Waals surface area contributed by atoms with Crippen LogP contribution in [0.25, 0.3) is 0 Å². The zero-order chi connectivity index (χ0) is 93.2. The average Bonchev–Trinajstić information content (AvgIpc) is 1.54. The number of unbranched alkanes of at least 4 members (excludes halogenated alkanes) is 9. The molecule has 4 aromatic rings. The number of carbonyl (C=O) groups excluding carboxylic acids is 14. The Morgan fingerprint density at radius 2 is 0.685 bits per heavy atom. The largest absolute Gasteiger partial charge is 0.369 e. The van der Waals surface area contributed by atoms with Crippen molar-refractivity contribution in [2.75, 3.05) is 19.6 Å². The molecule has 0 spiro atoms. The second-order valence-electron chi connectivity index (χ2n) is 34.7. The monoisotopic (exact) mass is 1770 g/mol. The number of allylic oxidation sites excluding steroid dienone is 2. The predicted molar refractivity (Wildman–Crippen MR) is 481 cm³/mol. The fourth-order valence-corrected chi connectivity index (χ4v) is 14.4. The Hall–Kier alpha value is -10.8. The Morgan fingerprint density at radius 1 is 0.354 bits per heavy atom. The topological polar surface area (TPSA) is 659 Å². The number of nitrogens with two attached hydrogens (primary N) is 8. The van der Waals surface area contributed by atoms with E-state index in [-0.39, 0.29) is 149 Å². The Labute approximate surface area is 744 Å². The van der Waals surface area contributed by atoms with E-state index >= 15 is 0 Å². The molecule has 12 unspecified atom stereocenters. The molecule has 127 heavy (non-hydrogen) atoms. The van der Waals surface area contributed by atoms with Crippen LogP contribution in [0.2, 0.25) is 0 Å². The number of rotatable bonds is 67. The van der Waals surface area contributed by atoms with Gasteiger partial charge in [0.05, 0.1) is 73.6 Å². The van der Waals surface area contributed by atoms with E-state index in [2.05, 4.69) is 81.8 Å². The van der Waals surface area contributed by atoms with Crippen LogP contribution in [0.15, 0.2) is 83.6 Å². The van der Waals surface area contributed by atoms with Gasteiger partial charge in [-0.3, -0.25) is 77.1 Å². The third-order valence-corrected chi connectivity index (χ3v) is 22.6. The number of amides is 8. The van der Waals surface area contributed by atoms with Gasteiger partial charge in [0.1, 0.15) is 23.4 Å². The van der Waals surface area contributed by atoms with Crippen LogP contribution in [0.5, 0.6) is 0 Å². The Bertz CT molecular complexity index is 4200. The number of imidazole rings is 4. The third-order valence-electron chi connectivity index (χ3n) is 22.6. The lowest BCUT2D eigenvalue weighted by atomic mass is 9.83. The van der Waals surface area contributed by atoms with Crippen LogP contribution in [0, 0.1) is 29.1 Å². The van der Waals surface area contributed by atoms with Crippen LogP contribution >= 0.6 is 0 Å². The molecular formula is C89H142N24O14. The van der Waals surface area contributed by atoms with Crippen LogP contribution in [0.1, 0.15) is 256 Å². The van der Waals surface area contributed by atoms with Crippen molar-refractivity contribution in [1.82, 2.24) is 71.8 Å². The predicted octanol–water partition coefficient (Wildman–Crippen LogP) is 3.57. The molecule has 0 aliphatic carbocycles. The minimum Gasteiger partial charge on any atom is -0.369 e. The summed E-state index contributed by atoms with van der Waals surface area (Å²) < 4.78 is 0. The summed E-state index contributed by atoms with van der Waals surface area (Å²) in [5.74, 6) is -6.66. The van der Waals surface area contributed by atoms with Gasteiger partial charge in [-0.2, -0.15) is 0 Å². The molecule has 2 aliphatic rings. The number of nitrogens with zero attached hydrogens (tertiary/aromatic N) is 6. The summed E-state index contributed by atoms with van der Waals surface area (Å²) in [4.78, 5) is 218. The van der Waals surface area contributed by atoms with Crippen molar-refractivity contribution >= 4 is 94.4 Å². The van der Waals surface area contributed by atoms with Crippen LogP contribution in [-0.4, -0.2) is 208 Å². The van der Waals surface area contributed by atoms with Crippen LogP contribution in [0.4, 0.5) is 0 Å². The summed E-state index contributed by atoms with van der Waals surface area (Å²) in [5, 5.41) is 17.2. The first-order chi connectivity index (χ1) is 60.6. The second-order valence-corrected chi connectivity index (χ2v) is 34.7. The van der Waals surface area contributed by atoms with E-state index < -0.39 is 113 Å². The summed E-state index contributed by atoms with van der Waals surface area (Å²) in [7, 11) is 0. The van der Waals surface area contributed by atoms with Crippen molar-refractivity contribution in [3.63, 3.8) is 0 Å². The van der Waals surface area contributed by atoms with Gasteiger partial charge in [-0.25, -0.2) is 19.9 Å². The lowest BCUT2D eigenvalue weighted by Crippen LogP contribution is -2.52. The van der Waals surface area contributed by atoms with Gasteiger partial charge in [-0.15, -0.1) is 0 Å². The van der Waals surface area contributed by atoms with Crippen LogP contribution < -0.4 is 77.8 Å². The highest BCUT2D eigenvalue weighted by molar-refractivity contribution is 5.95. The number of nitrogens with one attached hydrogen (secondary N) is 10. The van der Waals surface area contributed by atoms with Gasteiger partial charge < -0.3 is 97.7 Å². The van der Waals surface area contributed by atoms with Crippen LogP contribution in [-0.2, 0) is 92.8 Å². The molecule has 26 N–H and O–H groups in total. The second kappa shape index (κ2) is 58.5. The third kappa shape index (κ3) is 43.0. The van der Waals surface area contributed by atoms with Gasteiger partial charge in [0.2, 0.25) is 47.3 Å². The summed E-state index contributed by atoms with van der Waals surface area (Å²) in [5.41, 5.74) is 51.9. The van der Waals surface area contributed by atoms with Gasteiger partial charge in [0.25, 0.3) is 0 Å². The first-order valence-corrected chi connectivity index (χ1v) is 44.9. The first kappa shape index (κ1) is 107. The fourth-order valence-electron chi connectivity index (χ4n) is 14.4. The molecule has 8 amide bonds. The van der Waals surface area contributed by atoms with Gasteiger partial charge in [-0.05, 0) is 89.9 Å². The van der Waals surface area contributed by atoms with Crippen molar-refractivity contribution in [2.24, 2.45) is 84.9 Å². The number of carbonyl (C=O) groups is 14. The van der Waals surface area contributed by atoms with E-state index in [9.17, 15) is 67.1 Å². The molecule has 702 valence electrons. The molecule has 0 saturated carbocycles. The van der Waals surface area contributed by atoms with E-state index in [0.29, 0.717) is 158 Å². The van der Waals surface area contributed by atoms with Crippen molar-refractivity contribution in [2.45, 2.75) is 314 Å². The lowest BCUT2D eigenvalue weighted by molar-refractivity contribution is -0.133. The molecule has 0 fully saturated rings. The highest BCUT2D eigenvalue weighted by atomic mass is 16.2. The van der Waals surface area contributed by atoms with Crippen LogP contribution in [0.3, 0.4) is 0 Å². The molecule has 38 nitrogen and oxygen atoms in total. The lowest BCUT2D eigenvalue weighted by Gasteiger charge is -2.23. The quantitative estimate of drug-likeness (QED) is 0.0281. The number of aliphatic imine (C=N–C) groups is 2. The fraction of sp³-hybridized carbons (Fsp3) is 0.640.